The molecular formula is C30H25BrN2O5S. The van der Waals surface area contributed by atoms with E-state index < -0.39 is 12.0 Å². The van der Waals surface area contributed by atoms with E-state index in [2.05, 4.69) is 15.9 Å². The third kappa shape index (κ3) is 5.20. The number of carbonyl (C=O) groups is 1. The molecule has 3 aromatic carbocycles. The molecule has 0 spiro atoms. The van der Waals surface area contributed by atoms with E-state index in [0.717, 1.165) is 21.2 Å². The largest absolute Gasteiger partial charge is 0.497 e. The highest BCUT2D eigenvalue weighted by Crippen LogP contribution is 2.35. The first-order valence-corrected chi connectivity index (χ1v) is 13.8. The predicted octanol–water partition coefficient (Wildman–Crippen LogP) is 4.72. The molecule has 4 aromatic rings. The minimum absolute atomic E-state index is 0.187. The average Bonchev–Trinajstić information content (AvgIpc) is 3.27. The number of benzene rings is 3. The highest BCUT2D eigenvalue weighted by Gasteiger charge is 2.35. The molecule has 0 saturated carbocycles. The summed E-state index contributed by atoms with van der Waals surface area (Å²) in [5.74, 6) is 0.773. The van der Waals surface area contributed by atoms with Gasteiger partial charge >= 0.3 is 5.97 Å². The van der Waals surface area contributed by atoms with Gasteiger partial charge in [0.1, 0.15) is 11.5 Å². The van der Waals surface area contributed by atoms with Gasteiger partial charge in [0.25, 0.3) is 5.56 Å². The van der Waals surface area contributed by atoms with Crippen molar-refractivity contribution in [2.75, 3.05) is 20.8 Å². The van der Waals surface area contributed by atoms with Gasteiger partial charge < -0.3 is 14.2 Å². The first-order valence-electron chi connectivity index (χ1n) is 12.2. The van der Waals surface area contributed by atoms with Crippen LogP contribution in [0.5, 0.6) is 11.5 Å². The van der Waals surface area contributed by atoms with Crippen molar-refractivity contribution in [2.45, 2.75) is 13.0 Å². The maximum absolute atomic E-state index is 14.0. The van der Waals surface area contributed by atoms with Crippen molar-refractivity contribution in [1.29, 1.82) is 0 Å². The van der Waals surface area contributed by atoms with Crippen molar-refractivity contribution in [1.82, 2.24) is 4.57 Å². The van der Waals surface area contributed by atoms with Crippen molar-refractivity contribution in [2.24, 2.45) is 4.99 Å². The summed E-state index contributed by atoms with van der Waals surface area (Å²) in [6.07, 6.45) is 1.79. The van der Waals surface area contributed by atoms with Crippen LogP contribution in [0.25, 0.3) is 11.8 Å². The van der Waals surface area contributed by atoms with Crippen molar-refractivity contribution < 1.29 is 19.0 Å². The number of carbonyl (C=O) groups excluding carboxylic acids is 1. The number of halogens is 1. The highest BCUT2D eigenvalue weighted by molar-refractivity contribution is 9.10. The lowest BCUT2D eigenvalue weighted by molar-refractivity contribution is -0.138. The van der Waals surface area contributed by atoms with E-state index in [1.165, 1.54) is 11.3 Å². The van der Waals surface area contributed by atoms with Crippen LogP contribution >= 0.6 is 27.3 Å². The second kappa shape index (κ2) is 11.4. The van der Waals surface area contributed by atoms with Gasteiger partial charge in [-0.3, -0.25) is 9.36 Å². The first kappa shape index (κ1) is 26.6. The van der Waals surface area contributed by atoms with E-state index in [0.29, 0.717) is 32.1 Å². The van der Waals surface area contributed by atoms with E-state index in [1.807, 2.05) is 72.8 Å². The van der Waals surface area contributed by atoms with E-state index in [4.69, 9.17) is 19.2 Å². The van der Waals surface area contributed by atoms with Gasteiger partial charge in [-0.25, -0.2) is 9.79 Å². The Morgan fingerprint density at radius 3 is 2.46 bits per heavy atom. The molecule has 5 rings (SSSR count). The lowest BCUT2D eigenvalue weighted by Gasteiger charge is -2.26. The smallest absolute Gasteiger partial charge is 0.338 e. The second-order valence-corrected chi connectivity index (χ2v) is 10.5. The summed E-state index contributed by atoms with van der Waals surface area (Å²) in [4.78, 5) is 32.9. The lowest BCUT2D eigenvalue weighted by Crippen LogP contribution is -2.40. The zero-order valence-corrected chi connectivity index (χ0v) is 23.9. The number of hydrogen-bond acceptors (Lipinski definition) is 7. The van der Waals surface area contributed by atoms with Crippen LogP contribution in [0.4, 0.5) is 0 Å². The van der Waals surface area contributed by atoms with Crippen LogP contribution < -0.4 is 24.4 Å². The number of ether oxygens (including phenoxy) is 3. The van der Waals surface area contributed by atoms with Gasteiger partial charge in [0, 0.05) is 15.6 Å². The van der Waals surface area contributed by atoms with Crippen molar-refractivity contribution in [3.63, 3.8) is 0 Å². The minimum atomic E-state index is -0.757. The number of hydrogen-bond donors (Lipinski definition) is 0. The number of methoxy groups -OCH3 is 2. The molecule has 0 unspecified atom stereocenters. The van der Waals surface area contributed by atoms with Crippen molar-refractivity contribution in [3.8, 4) is 11.5 Å². The van der Waals surface area contributed by atoms with Gasteiger partial charge in [-0.15, -0.1) is 0 Å². The van der Waals surface area contributed by atoms with Gasteiger partial charge in [0.15, 0.2) is 4.80 Å². The Kier molecular flexibility index (Phi) is 7.81. The molecule has 0 saturated heterocycles. The zero-order valence-electron chi connectivity index (χ0n) is 21.5. The molecular weight excluding hydrogens is 580 g/mol. The number of fused-ring (bicyclic) bond motifs is 1. The molecule has 0 amide bonds. The summed E-state index contributed by atoms with van der Waals surface area (Å²) in [7, 11) is 3.18. The Bertz CT molecular complexity index is 1740. The highest BCUT2D eigenvalue weighted by atomic mass is 79.9. The molecule has 198 valence electrons. The second-order valence-electron chi connectivity index (χ2n) is 8.59. The summed E-state index contributed by atoms with van der Waals surface area (Å²) in [6.45, 7) is 1.94. The molecule has 1 aromatic heterocycles. The van der Waals surface area contributed by atoms with Gasteiger partial charge in [-0.05, 0) is 48.9 Å². The Labute approximate surface area is 237 Å². The van der Waals surface area contributed by atoms with Crippen LogP contribution in [0, 0.1) is 0 Å². The fourth-order valence-corrected chi connectivity index (χ4v) is 5.87. The topological polar surface area (TPSA) is 79.1 Å². The number of esters is 1. The zero-order chi connectivity index (χ0) is 27.5. The summed E-state index contributed by atoms with van der Waals surface area (Å²) in [6, 6.07) is 21.6. The van der Waals surface area contributed by atoms with Gasteiger partial charge in [0.05, 0.1) is 42.7 Å². The average molecular weight is 606 g/mol. The van der Waals surface area contributed by atoms with Gasteiger partial charge in [-0.1, -0.05) is 69.7 Å². The Balaban J connectivity index is 1.83. The number of nitrogens with zero attached hydrogens (tertiary/aromatic N) is 2. The van der Waals surface area contributed by atoms with E-state index in [1.54, 1.807) is 31.8 Å². The number of rotatable bonds is 7. The molecule has 39 heavy (non-hydrogen) atoms. The Morgan fingerprint density at radius 2 is 1.79 bits per heavy atom. The molecule has 1 aliphatic heterocycles. The maximum Gasteiger partial charge on any atom is 0.338 e. The minimum Gasteiger partial charge on any atom is -0.497 e. The van der Waals surface area contributed by atoms with Gasteiger partial charge in [-0.2, -0.15) is 0 Å². The SMILES string of the molecule is CCOC(=O)C1=C(c2ccccc2)N=c2s/c(=C\c3cc(Br)ccc3OC)c(=O)n2[C@H]1c1ccc(OC)cc1. The monoisotopic (exact) mass is 604 g/mol. The third-order valence-electron chi connectivity index (χ3n) is 6.28. The summed E-state index contributed by atoms with van der Waals surface area (Å²) in [5, 5.41) is 0. The first-order chi connectivity index (χ1) is 18.9. The molecule has 1 aliphatic rings. The molecule has 1 atom stereocenters. The van der Waals surface area contributed by atoms with E-state index in [-0.39, 0.29) is 12.2 Å². The summed E-state index contributed by atoms with van der Waals surface area (Å²) >= 11 is 4.76. The van der Waals surface area contributed by atoms with Crippen LogP contribution in [-0.2, 0) is 9.53 Å². The molecule has 9 heteroatoms. The summed E-state index contributed by atoms with van der Waals surface area (Å²) < 4.78 is 19.3. The number of thiazole rings is 1. The van der Waals surface area contributed by atoms with E-state index in [9.17, 15) is 9.59 Å². The van der Waals surface area contributed by atoms with Crippen LogP contribution in [0.15, 0.2) is 92.6 Å². The fraction of sp³-hybridized carbons (Fsp3) is 0.167. The molecule has 0 bridgehead atoms. The van der Waals surface area contributed by atoms with Crippen LogP contribution in [0.3, 0.4) is 0 Å². The van der Waals surface area contributed by atoms with Crippen LogP contribution in [0.1, 0.15) is 29.7 Å². The molecule has 0 radical (unpaired) electrons. The van der Waals surface area contributed by atoms with Crippen LogP contribution in [0.2, 0.25) is 0 Å². The fourth-order valence-electron chi connectivity index (χ4n) is 4.50. The molecule has 0 fully saturated rings. The lowest BCUT2D eigenvalue weighted by atomic mass is 9.93. The number of aromatic nitrogens is 1. The summed E-state index contributed by atoms with van der Waals surface area (Å²) in [5.41, 5.74) is 2.73. The predicted molar refractivity (Wildman–Crippen MR) is 155 cm³/mol. The van der Waals surface area contributed by atoms with Crippen LogP contribution in [-0.4, -0.2) is 31.4 Å². The van der Waals surface area contributed by atoms with Crippen molar-refractivity contribution in [3.05, 3.63) is 119 Å². The molecule has 0 aliphatic carbocycles. The quantitative estimate of drug-likeness (QED) is 0.285. The Hall–Kier alpha value is -3.95. The molecule has 7 nitrogen and oxygen atoms in total. The van der Waals surface area contributed by atoms with Gasteiger partial charge in [0.2, 0.25) is 0 Å². The van der Waals surface area contributed by atoms with Crippen molar-refractivity contribution >= 4 is 45.0 Å². The maximum atomic E-state index is 14.0. The third-order valence-corrected chi connectivity index (χ3v) is 7.76. The van der Waals surface area contributed by atoms with E-state index >= 15 is 0 Å². The standard InChI is InChI=1S/C30H25BrN2O5S/c1-4-38-29(35)25-26(18-8-6-5-7-9-18)32-30-33(27(25)19-10-13-22(36-2)14-11-19)28(34)24(39-30)17-20-16-21(31)12-15-23(20)37-3/h5-17,27H,4H2,1-3H3/b24-17-/t27-/m0/s1. The Morgan fingerprint density at radius 1 is 1.05 bits per heavy atom. The molecule has 0 N–H and O–H groups in total. The normalized spacial score (nSPS) is 15.0. The molecule has 2 heterocycles.